The third-order valence-corrected chi connectivity index (χ3v) is 5.18. The first kappa shape index (κ1) is 18.3. The monoisotopic (exact) mass is 351 g/mol. The number of carbonyl (C=O) groups is 1. The van der Waals surface area contributed by atoms with Crippen molar-refractivity contribution in [1.82, 2.24) is 15.0 Å². The molecule has 7 nitrogen and oxygen atoms in total. The van der Waals surface area contributed by atoms with Crippen molar-refractivity contribution in [3.63, 3.8) is 0 Å². The highest BCUT2D eigenvalue weighted by atomic mass is 16.5. The molecule has 1 aliphatic heterocycles. The lowest BCUT2D eigenvalue weighted by Crippen LogP contribution is -2.42. The number of methoxy groups -OCH3 is 1. The summed E-state index contributed by atoms with van der Waals surface area (Å²) in [6.45, 7) is 2.10. The summed E-state index contributed by atoms with van der Waals surface area (Å²) in [5.41, 5.74) is 0. The van der Waals surface area contributed by atoms with Gasteiger partial charge < -0.3 is 18.9 Å². The van der Waals surface area contributed by atoms with Gasteiger partial charge in [-0.15, -0.1) is 0 Å². The van der Waals surface area contributed by atoms with Crippen LogP contribution in [0.3, 0.4) is 0 Å². The minimum Gasteiger partial charge on any atom is -0.382 e. The Morgan fingerprint density at radius 1 is 1.16 bits per heavy atom. The van der Waals surface area contributed by atoms with Gasteiger partial charge in [0.15, 0.2) is 5.82 Å². The van der Waals surface area contributed by atoms with Crippen LogP contribution in [0.5, 0.6) is 0 Å². The molecule has 0 bridgehead atoms. The van der Waals surface area contributed by atoms with E-state index in [0.717, 1.165) is 38.6 Å². The maximum atomic E-state index is 13.0. The largest absolute Gasteiger partial charge is 0.382 e. The number of aromatic nitrogens is 2. The molecule has 1 aliphatic carbocycles. The second-order valence-corrected chi connectivity index (χ2v) is 6.97. The average molecular weight is 351 g/mol. The molecule has 140 valence electrons. The molecule has 3 rings (SSSR count). The zero-order valence-corrected chi connectivity index (χ0v) is 15.1. The lowest BCUT2D eigenvalue weighted by molar-refractivity contribution is -0.140. The van der Waals surface area contributed by atoms with Gasteiger partial charge in [0.05, 0.1) is 19.3 Å². The van der Waals surface area contributed by atoms with E-state index in [9.17, 15) is 4.79 Å². The molecule has 2 fully saturated rings. The molecule has 1 amide bonds. The summed E-state index contributed by atoms with van der Waals surface area (Å²) in [5.74, 6) is 1.54. The standard InChI is InChI=1S/C18H29N3O4/c1-23-11-12-24-13-16-19-17(20-25-16)15-9-5-6-10-21(15)18(22)14-7-3-2-4-8-14/h14-15H,2-13H2,1H3. The predicted octanol–water partition coefficient (Wildman–Crippen LogP) is 2.87. The number of amides is 1. The zero-order chi connectivity index (χ0) is 17.5. The van der Waals surface area contributed by atoms with Gasteiger partial charge in [-0.25, -0.2) is 0 Å². The van der Waals surface area contributed by atoms with Gasteiger partial charge >= 0.3 is 0 Å². The Morgan fingerprint density at radius 2 is 1.96 bits per heavy atom. The number of hydrogen-bond acceptors (Lipinski definition) is 6. The van der Waals surface area contributed by atoms with E-state index in [1.54, 1.807) is 7.11 Å². The molecule has 0 radical (unpaired) electrons. The van der Waals surface area contributed by atoms with E-state index >= 15 is 0 Å². The van der Waals surface area contributed by atoms with Gasteiger partial charge in [-0.05, 0) is 32.1 Å². The summed E-state index contributed by atoms with van der Waals surface area (Å²) in [4.78, 5) is 19.5. The van der Waals surface area contributed by atoms with Crippen molar-refractivity contribution >= 4 is 5.91 Å². The van der Waals surface area contributed by atoms with Crippen LogP contribution in [-0.2, 0) is 20.9 Å². The van der Waals surface area contributed by atoms with Crippen LogP contribution in [-0.4, -0.2) is 47.8 Å². The molecule has 0 aromatic carbocycles. The highest BCUT2D eigenvalue weighted by Gasteiger charge is 2.35. The van der Waals surface area contributed by atoms with Crippen LogP contribution in [0.1, 0.15) is 69.1 Å². The van der Waals surface area contributed by atoms with E-state index in [2.05, 4.69) is 10.1 Å². The smallest absolute Gasteiger partial charge is 0.252 e. The molecule has 1 aromatic rings. The summed E-state index contributed by atoms with van der Waals surface area (Å²) >= 11 is 0. The molecular weight excluding hydrogens is 322 g/mol. The first-order chi connectivity index (χ1) is 12.3. The predicted molar refractivity (Wildman–Crippen MR) is 90.7 cm³/mol. The first-order valence-electron chi connectivity index (χ1n) is 9.49. The lowest BCUT2D eigenvalue weighted by atomic mass is 9.87. The highest BCUT2D eigenvalue weighted by Crippen LogP contribution is 2.33. The van der Waals surface area contributed by atoms with Gasteiger partial charge in [0.25, 0.3) is 5.89 Å². The SMILES string of the molecule is COCCOCc1nc(C2CCCCN2C(=O)C2CCCCC2)no1. The highest BCUT2D eigenvalue weighted by molar-refractivity contribution is 5.79. The second kappa shape index (κ2) is 9.29. The number of hydrogen-bond donors (Lipinski definition) is 0. The minimum atomic E-state index is -0.0559. The number of rotatable bonds is 7. The van der Waals surface area contributed by atoms with E-state index in [-0.39, 0.29) is 24.5 Å². The summed E-state index contributed by atoms with van der Waals surface area (Å²) in [6, 6.07) is -0.0559. The quantitative estimate of drug-likeness (QED) is 0.703. The Bertz CT molecular complexity index is 542. The Morgan fingerprint density at radius 3 is 2.76 bits per heavy atom. The fourth-order valence-corrected chi connectivity index (χ4v) is 3.81. The molecule has 1 atom stereocenters. The summed E-state index contributed by atoms with van der Waals surface area (Å²) in [5, 5.41) is 4.13. The third kappa shape index (κ3) is 4.79. The van der Waals surface area contributed by atoms with Crippen molar-refractivity contribution in [2.24, 2.45) is 5.92 Å². The molecule has 1 aromatic heterocycles. The van der Waals surface area contributed by atoms with Gasteiger partial charge in [-0.3, -0.25) is 4.79 Å². The summed E-state index contributed by atoms with van der Waals surface area (Å²) in [6.07, 6.45) is 8.68. The molecule has 7 heteroatoms. The Balaban J connectivity index is 1.62. The third-order valence-electron chi connectivity index (χ3n) is 5.18. The first-order valence-corrected chi connectivity index (χ1v) is 9.49. The van der Waals surface area contributed by atoms with Gasteiger partial charge in [0.2, 0.25) is 5.91 Å². The molecule has 2 heterocycles. The number of likely N-dealkylation sites (tertiary alicyclic amines) is 1. The maximum absolute atomic E-state index is 13.0. The van der Waals surface area contributed by atoms with Crippen molar-refractivity contribution in [2.45, 2.75) is 64.0 Å². The van der Waals surface area contributed by atoms with E-state index in [1.807, 2.05) is 4.90 Å². The fraction of sp³-hybridized carbons (Fsp3) is 0.833. The summed E-state index contributed by atoms with van der Waals surface area (Å²) in [7, 11) is 1.63. The van der Waals surface area contributed by atoms with E-state index < -0.39 is 0 Å². The Hall–Kier alpha value is -1.47. The van der Waals surface area contributed by atoms with Gasteiger partial charge in [0.1, 0.15) is 6.61 Å². The number of carbonyl (C=O) groups excluding carboxylic acids is 1. The molecule has 1 saturated heterocycles. The van der Waals surface area contributed by atoms with Crippen LogP contribution in [0.4, 0.5) is 0 Å². The van der Waals surface area contributed by atoms with Crippen LogP contribution < -0.4 is 0 Å². The Labute approximate surface area is 149 Å². The average Bonchev–Trinajstić information content (AvgIpc) is 3.14. The maximum Gasteiger partial charge on any atom is 0.252 e. The van der Waals surface area contributed by atoms with Gasteiger partial charge in [-0.2, -0.15) is 4.98 Å². The normalized spacial score (nSPS) is 22.3. The molecular formula is C18H29N3O4. The minimum absolute atomic E-state index is 0.0559. The number of piperidine rings is 1. The van der Waals surface area contributed by atoms with Gasteiger partial charge in [0, 0.05) is 19.6 Å². The molecule has 2 aliphatic rings. The molecule has 0 N–H and O–H groups in total. The molecule has 0 spiro atoms. The Kier molecular flexibility index (Phi) is 6.81. The van der Waals surface area contributed by atoms with E-state index in [4.69, 9.17) is 14.0 Å². The van der Waals surface area contributed by atoms with Crippen molar-refractivity contribution in [3.05, 3.63) is 11.7 Å². The van der Waals surface area contributed by atoms with Gasteiger partial charge in [-0.1, -0.05) is 24.4 Å². The van der Waals surface area contributed by atoms with Crippen LogP contribution in [0.15, 0.2) is 4.52 Å². The second-order valence-electron chi connectivity index (χ2n) is 6.97. The molecule has 25 heavy (non-hydrogen) atoms. The van der Waals surface area contributed by atoms with Crippen molar-refractivity contribution < 1.29 is 18.8 Å². The number of nitrogens with zero attached hydrogens (tertiary/aromatic N) is 3. The van der Waals surface area contributed by atoms with E-state index in [1.165, 1.54) is 19.3 Å². The van der Waals surface area contributed by atoms with Crippen LogP contribution in [0, 0.1) is 5.92 Å². The van der Waals surface area contributed by atoms with Crippen molar-refractivity contribution in [2.75, 3.05) is 26.9 Å². The topological polar surface area (TPSA) is 77.7 Å². The van der Waals surface area contributed by atoms with Crippen LogP contribution in [0.25, 0.3) is 0 Å². The lowest BCUT2D eigenvalue weighted by Gasteiger charge is -2.37. The van der Waals surface area contributed by atoms with Crippen molar-refractivity contribution in [3.8, 4) is 0 Å². The molecule has 1 unspecified atom stereocenters. The van der Waals surface area contributed by atoms with Crippen molar-refractivity contribution in [1.29, 1.82) is 0 Å². The van der Waals surface area contributed by atoms with Crippen LogP contribution in [0.2, 0.25) is 0 Å². The molecule has 1 saturated carbocycles. The van der Waals surface area contributed by atoms with E-state index in [0.29, 0.717) is 24.9 Å². The number of ether oxygens (including phenoxy) is 2. The van der Waals surface area contributed by atoms with Crippen LogP contribution >= 0.6 is 0 Å². The fourth-order valence-electron chi connectivity index (χ4n) is 3.81. The zero-order valence-electron chi connectivity index (χ0n) is 15.1. The summed E-state index contributed by atoms with van der Waals surface area (Å²) < 4.78 is 15.7.